The molecule has 0 saturated carbocycles. The van der Waals surface area contributed by atoms with Gasteiger partial charge >= 0.3 is 0 Å². The van der Waals surface area contributed by atoms with Gasteiger partial charge in [-0.05, 0) is 24.6 Å². The van der Waals surface area contributed by atoms with Gasteiger partial charge in [-0.3, -0.25) is 4.79 Å². The molecule has 0 aliphatic carbocycles. The summed E-state index contributed by atoms with van der Waals surface area (Å²) in [6, 6.07) is 4.93. The van der Waals surface area contributed by atoms with E-state index in [1.165, 1.54) is 22.5 Å². The van der Waals surface area contributed by atoms with Crippen molar-refractivity contribution in [2.75, 3.05) is 20.1 Å². The number of hydrogen-bond donors (Lipinski definition) is 1. The molecule has 6 nitrogen and oxygen atoms in total. The molecule has 2 bridgehead atoms. The SMILES string of the molecule is CNC(=O)[C@@H]1C[C@H]2CN(S(=O)(=O)c3cccc(F)c3)C[C@H]1O2. The number of amides is 1. The third kappa shape index (κ3) is 2.62. The first-order valence-corrected chi connectivity index (χ1v) is 8.48. The van der Waals surface area contributed by atoms with Crippen LogP contribution in [-0.4, -0.2) is 51.0 Å². The van der Waals surface area contributed by atoms with Gasteiger partial charge in [0.2, 0.25) is 15.9 Å². The largest absolute Gasteiger partial charge is 0.371 e. The maximum absolute atomic E-state index is 13.3. The number of nitrogens with one attached hydrogen (secondary N) is 1. The summed E-state index contributed by atoms with van der Waals surface area (Å²) in [5, 5.41) is 2.58. The third-order valence-electron chi connectivity index (χ3n) is 4.14. The number of carbonyl (C=O) groups excluding carboxylic acids is 1. The van der Waals surface area contributed by atoms with Crippen LogP contribution in [0.1, 0.15) is 6.42 Å². The number of benzene rings is 1. The highest BCUT2D eigenvalue weighted by molar-refractivity contribution is 7.89. The van der Waals surface area contributed by atoms with Crippen molar-refractivity contribution in [1.29, 1.82) is 0 Å². The molecule has 3 rings (SSSR count). The highest BCUT2D eigenvalue weighted by Gasteiger charge is 2.47. The first-order chi connectivity index (χ1) is 10.4. The second-order valence-electron chi connectivity index (χ2n) is 5.53. The molecule has 8 heteroatoms. The maximum atomic E-state index is 13.3. The minimum absolute atomic E-state index is 0.0784. The Bertz CT molecular complexity index is 694. The molecule has 0 radical (unpaired) electrons. The molecule has 2 aliphatic rings. The monoisotopic (exact) mass is 328 g/mol. The van der Waals surface area contributed by atoms with Crippen molar-refractivity contribution < 1.29 is 22.3 Å². The number of sulfonamides is 1. The molecule has 22 heavy (non-hydrogen) atoms. The summed E-state index contributed by atoms with van der Waals surface area (Å²) in [6.45, 7) is 0.288. The number of hydrogen-bond acceptors (Lipinski definition) is 4. The molecule has 1 N–H and O–H groups in total. The zero-order chi connectivity index (χ0) is 15.9. The first kappa shape index (κ1) is 15.4. The lowest BCUT2D eigenvalue weighted by Crippen LogP contribution is -2.47. The molecular weight excluding hydrogens is 311 g/mol. The van der Waals surface area contributed by atoms with Crippen LogP contribution in [0.15, 0.2) is 29.2 Å². The maximum Gasteiger partial charge on any atom is 0.243 e. The molecule has 2 fully saturated rings. The summed E-state index contributed by atoms with van der Waals surface area (Å²) in [7, 11) is -2.24. The summed E-state index contributed by atoms with van der Waals surface area (Å²) in [5.41, 5.74) is 0. The van der Waals surface area contributed by atoms with Crippen molar-refractivity contribution in [3.63, 3.8) is 0 Å². The third-order valence-corrected chi connectivity index (χ3v) is 5.97. The first-order valence-electron chi connectivity index (χ1n) is 7.04. The fourth-order valence-electron chi connectivity index (χ4n) is 3.06. The average molecular weight is 328 g/mol. The zero-order valence-electron chi connectivity index (χ0n) is 12.0. The Hall–Kier alpha value is -1.51. The minimum atomic E-state index is -3.78. The van der Waals surface area contributed by atoms with E-state index in [4.69, 9.17) is 4.74 Å². The van der Waals surface area contributed by atoms with Crippen LogP contribution in [-0.2, 0) is 19.6 Å². The van der Waals surface area contributed by atoms with Crippen LogP contribution in [0.4, 0.5) is 4.39 Å². The quantitative estimate of drug-likeness (QED) is 0.869. The number of fused-ring (bicyclic) bond motifs is 2. The van der Waals surface area contributed by atoms with Crippen molar-refractivity contribution in [2.24, 2.45) is 5.92 Å². The molecule has 0 unspecified atom stereocenters. The lowest BCUT2D eigenvalue weighted by Gasteiger charge is -2.31. The summed E-state index contributed by atoms with van der Waals surface area (Å²) in [6.07, 6.45) is -0.258. The van der Waals surface area contributed by atoms with E-state index in [0.717, 1.165) is 6.07 Å². The topological polar surface area (TPSA) is 75.7 Å². The standard InChI is InChI=1S/C14H17FN2O4S/c1-16-14(18)12-6-10-7-17(8-13(12)21-10)22(19,20)11-4-2-3-9(15)5-11/h2-5,10,12-13H,6-8H2,1H3,(H,16,18)/t10-,12+,13+/m0/s1. The molecule has 2 saturated heterocycles. The molecule has 0 aromatic heterocycles. The van der Waals surface area contributed by atoms with Crippen LogP contribution in [0.25, 0.3) is 0 Å². The Morgan fingerprint density at radius 2 is 2.18 bits per heavy atom. The van der Waals surface area contributed by atoms with Crippen molar-refractivity contribution >= 4 is 15.9 Å². The van der Waals surface area contributed by atoms with Gasteiger partial charge < -0.3 is 10.1 Å². The van der Waals surface area contributed by atoms with E-state index < -0.39 is 21.9 Å². The van der Waals surface area contributed by atoms with Gasteiger partial charge in [0, 0.05) is 20.1 Å². The summed E-state index contributed by atoms with van der Waals surface area (Å²) in [5.74, 6) is -1.08. The van der Waals surface area contributed by atoms with Crippen molar-refractivity contribution in [3.05, 3.63) is 30.1 Å². The van der Waals surface area contributed by atoms with Gasteiger partial charge in [0.15, 0.2) is 0 Å². The van der Waals surface area contributed by atoms with Gasteiger partial charge in [0.05, 0.1) is 23.0 Å². The van der Waals surface area contributed by atoms with E-state index in [9.17, 15) is 17.6 Å². The van der Waals surface area contributed by atoms with E-state index in [0.29, 0.717) is 6.42 Å². The van der Waals surface area contributed by atoms with E-state index in [-0.39, 0.29) is 35.9 Å². The van der Waals surface area contributed by atoms with Gasteiger partial charge in [-0.25, -0.2) is 12.8 Å². The Balaban J connectivity index is 1.84. The molecule has 1 amide bonds. The summed E-state index contributed by atoms with van der Waals surface area (Å²) < 4.78 is 45.5. The molecule has 0 spiro atoms. The molecule has 1 aromatic carbocycles. The molecule has 3 atom stereocenters. The number of ether oxygens (including phenoxy) is 1. The number of halogens is 1. The molecule has 120 valence electrons. The predicted octanol–water partition coefficient (Wildman–Crippen LogP) is 0.350. The van der Waals surface area contributed by atoms with E-state index in [2.05, 4.69) is 5.32 Å². The van der Waals surface area contributed by atoms with Gasteiger partial charge in [-0.15, -0.1) is 0 Å². The number of morpholine rings is 1. The van der Waals surface area contributed by atoms with E-state index >= 15 is 0 Å². The van der Waals surface area contributed by atoms with Gasteiger partial charge in [-0.2, -0.15) is 4.31 Å². The van der Waals surface area contributed by atoms with Crippen molar-refractivity contribution in [1.82, 2.24) is 9.62 Å². The van der Waals surface area contributed by atoms with Crippen molar-refractivity contribution in [2.45, 2.75) is 23.5 Å². The molecule has 1 aromatic rings. The second-order valence-corrected chi connectivity index (χ2v) is 7.47. The summed E-state index contributed by atoms with van der Waals surface area (Å²) in [4.78, 5) is 11.7. The zero-order valence-corrected chi connectivity index (χ0v) is 12.8. The van der Waals surface area contributed by atoms with E-state index in [1.54, 1.807) is 7.05 Å². The van der Waals surface area contributed by atoms with Crippen LogP contribution < -0.4 is 5.32 Å². The van der Waals surface area contributed by atoms with Crippen molar-refractivity contribution in [3.8, 4) is 0 Å². The lowest BCUT2D eigenvalue weighted by atomic mass is 10.00. The second kappa shape index (κ2) is 5.60. The number of nitrogens with zero attached hydrogens (tertiary/aromatic N) is 1. The average Bonchev–Trinajstić information content (AvgIpc) is 2.80. The Labute approximate surface area is 128 Å². The van der Waals surface area contributed by atoms with Crippen LogP contribution >= 0.6 is 0 Å². The fourth-order valence-corrected chi connectivity index (χ4v) is 4.57. The smallest absolute Gasteiger partial charge is 0.243 e. The molecule has 2 heterocycles. The van der Waals surface area contributed by atoms with Gasteiger partial charge in [0.1, 0.15) is 5.82 Å². The van der Waals surface area contributed by atoms with Gasteiger partial charge in [-0.1, -0.05) is 6.07 Å². The Morgan fingerprint density at radius 1 is 1.41 bits per heavy atom. The fraction of sp³-hybridized carbons (Fsp3) is 0.500. The predicted molar refractivity (Wildman–Crippen MR) is 76.0 cm³/mol. The van der Waals surface area contributed by atoms with Crippen LogP contribution in [0.5, 0.6) is 0 Å². The number of rotatable bonds is 3. The highest BCUT2D eigenvalue weighted by atomic mass is 32.2. The minimum Gasteiger partial charge on any atom is -0.371 e. The number of carbonyl (C=O) groups is 1. The normalized spacial score (nSPS) is 28.5. The molecule has 2 aliphatic heterocycles. The van der Waals surface area contributed by atoms with Crippen LogP contribution in [0.3, 0.4) is 0 Å². The summed E-state index contributed by atoms with van der Waals surface area (Å²) >= 11 is 0. The van der Waals surface area contributed by atoms with Gasteiger partial charge in [0.25, 0.3) is 0 Å². The van der Waals surface area contributed by atoms with Crippen LogP contribution in [0.2, 0.25) is 0 Å². The Kier molecular flexibility index (Phi) is 3.92. The Morgan fingerprint density at radius 3 is 2.86 bits per heavy atom. The molecular formula is C14H17FN2O4S. The highest BCUT2D eigenvalue weighted by Crippen LogP contribution is 2.34. The van der Waals surface area contributed by atoms with Crippen LogP contribution in [0, 0.1) is 11.7 Å². The lowest BCUT2D eigenvalue weighted by molar-refractivity contribution is -0.126. The van der Waals surface area contributed by atoms with E-state index in [1.807, 2.05) is 0 Å².